The minimum atomic E-state index is -0.231. The Morgan fingerprint density at radius 1 is 1.25 bits per heavy atom. The van der Waals surface area contributed by atoms with Crippen molar-refractivity contribution in [3.8, 4) is 11.3 Å². The molecule has 5 aliphatic carbocycles. The van der Waals surface area contributed by atoms with Gasteiger partial charge in [-0.25, -0.2) is 4.39 Å². The number of nitrogens with zero attached hydrogens (tertiary/aromatic N) is 2. The largest absolute Gasteiger partial charge is 0.384 e. The molecule has 1 aromatic heterocycles. The second-order valence-electron chi connectivity index (χ2n) is 8.00. The molecule has 1 heterocycles. The highest BCUT2D eigenvalue weighted by Crippen LogP contribution is 2.90. The number of rotatable bonds is 3. The van der Waals surface area contributed by atoms with Crippen LogP contribution in [0.2, 0.25) is 0 Å². The van der Waals surface area contributed by atoms with Crippen LogP contribution < -0.4 is 0 Å². The number of aromatic nitrogens is 2. The number of halogens is 1. The van der Waals surface area contributed by atoms with Crippen LogP contribution in [0.25, 0.3) is 11.3 Å². The molecule has 0 aliphatic heterocycles. The Labute approximate surface area is 140 Å². The maximum atomic E-state index is 14.2. The van der Waals surface area contributed by atoms with E-state index in [4.69, 9.17) is 4.74 Å². The summed E-state index contributed by atoms with van der Waals surface area (Å²) in [6, 6.07) is 8.95. The van der Waals surface area contributed by atoms with Crippen molar-refractivity contribution in [2.45, 2.75) is 30.6 Å². The third-order valence-electron chi connectivity index (χ3n) is 7.73. The molecule has 0 amide bonds. The lowest BCUT2D eigenvalue weighted by Gasteiger charge is -2.69. The highest BCUT2D eigenvalue weighted by atomic mass is 19.1. The first-order valence-corrected chi connectivity index (χ1v) is 8.86. The summed E-state index contributed by atoms with van der Waals surface area (Å²) < 4.78 is 19.8. The van der Waals surface area contributed by atoms with E-state index in [2.05, 4.69) is 16.3 Å². The van der Waals surface area contributed by atoms with Gasteiger partial charge in [-0.2, -0.15) is 10.2 Å². The monoisotopic (exact) mass is 322 g/mol. The van der Waals surface area contributed by atoms with Gasteiger partial charge < -0.3 is 4.74 Å². The minimum absolute atomic E-state index is 0.0887. The normalized spacial score (nSPS) is 39.8. The number of methoxy groups -OCH3 is 1. The van der Waals surface area contributed by atoms with E-state index in [-0.39, 0.29) is 11.2 Å². The molecule has 5 aliphatic rings. The van der Waals surface area contributed by atoms with Crippen molar-refractivity contribution in [2.75, 3.05) is 13.7 Å². The second kappa shape index (κ2) is 4.05. The Morgan fingerprint density at radius 3 is 2.92 bits per heavy atom. The third-order valence-corrected chi connectivity index (χ3v) is 7.73. The first-order chi connectivity index (χ1) is 11.7. The molecule has 122 valence electrons. The van der Waals surface area contributed by atoms with Gasteiger partial charge >= 0.3 is 0 Å². The van der Waals surface area contributed by atoms with E-state index in [1.165, 1.54) is 30.9 Å². The molecule has 2 aromatic rings. The van der Waals surface area contributed by atoms with Crippen molar-refractivity contribution in [1.29, 1.82) is 0 Å². The molecular weight excluding hydrogens is 303 g/mol. The average molecular weight is 322 g/mol. The standard InChI is InChI=1S/C20H19FN2O/c1-24-10-20-13-6-7-19(20)14(9-15(13)19)12-8-17(22-23-18(12)20)11-4-2-3-5-16(11)21/h2-5,8,13-15H,6-7,9-10H2,1H3. The van der Waals surface area contributed by atoms with Gasteiger partial charge in [0, 0.05) is 18.1 Å². The number of benzene rings is 1. The van der Waals surface area contributed by atoms with Gasteiger partial charge in [-0.1, -0.05) is 12.1 Å². The maximum absolute atomic E-state index is 14.2. The van der Waals surface area contributed by atoms with E-state index in [0.717, 1.165) is 18.2 Å². The van der Waals surface area contributed by atoms with Crippen molar-refractivity contribution >= 4 is 0 Å². The Kier molecular flexibility index (Phi) is 2.27. The molecule has 0 radical (unpaired) electrons. The third kappa shape index (κ3) is 1.13. The van der Waals surface area contributed by atoms with Gasteiger partial charge in [0.1, 0.15) is 5.82 Å². The zero-order valence-electron chi connectivity index (χ0n) is 13.6. The van der Waals surface area contributed by atoms with E-state index in [0.29, 0.717) is 28.5 Å². The van der Waals surface area contributed by atoms with Gasteiger partial charge in [0.25, 0.3) is 0 Å². The van der Waals surface area contributed by atoms with Gasteiger partial charge in [0.05, 0.1) is 18.0 Å². The Hall–Kier alpha value is -1.81. The fourth-order valence-corrected chi connectivity index (χ4v) is 7.11. The molecule has 1 aromatic carbocycles. The Balaban J connectivity index is 1.54. The summed E-state index contributed by atoms with van der Waals surface area (Å²) in [7, 11) is 1.80. The maximum Gasteiger partial charge on any atom is 0.132 e. The predicted octanol–water partition coefficient (Wildman–Crippen LogP) is 3.69. The van der Waals surface area contributed by atoms with Crippen molar-refractivity contribution in [3.05, 3.63) is 47.4 Å². The zero-order chi connectivity index (χ0) is 16.1. The highest BCUT2D eigenvalue weighted by Gasteiger charge is 2.87. The lowest BCUT2D eigenvalue weighted by atomic mass is 9.34. The molecule has 7 rings (SSSR count). The van der Waals surface area contributed by atoms with Gasteiger partial charge in [-0.15, -0.1) is 0 Å². The molecule has 1 spiro atoms. The highest BCUT2D eigenvalue weighted by molar-refractivity contribution is 5.64. The van der Waals surface area contributed by atoms with Crippen LogP contribution in [0.15, 0.2) is 30.3 Å². The summed E-state index contributed by atoms with van der Waals surface area (Å²) in [6.07, 6.45) is 3.87. The van der Waals surface area contributed by atoms with Gasteiger partial charge in [0.2, 0.25) is 0 Å². The number of ether oxygens (including phenoxy) is 1. The van der Waals surface area contributed by atoms with Crippen LogP contribution in [0.4, 0.5) is 4.39 Å². The minimum Gasteiger partial charge on any atom is -0.384 e. The van der Waals surface area contributed by atoms with Crippen LogP contribution in [0, 0.1) is 23.1 Å². The van der Waals surface area contributed by atoms with E-state index < -0.39 is 0 Å². The van der Waals surface area contributed by atoms with Crippen molar-refractivity contribution < 1.29 is 9.13 Å². The molecule has 24 heavy (non-hydrogen) atoms. The average Bonchev–Trinajstić information content (AvgIpc) is 3.08. The number of hydrogen-bond acceptors (Lipinski definition) is 3. The summed E-state index contributed by atoms with van der Waals surface area (Å²) in [5, 5.41) is 9.09. The van der Waals surface area contributed by atoms with Crippen LogP contribution in [0.5, 0.6) is 0 Å². The van der Waals surface area contributed by atoms with E-state index in [1.807, 2.05) is 6.07 Å². The summed E-state index contributed by atoms with van der Waals surface area (Å²) in [5.74, 6) is 1.91. The lowest BCUT2D eigenvalue weighted by molar-refractivity contribution is -0.194. The van der Waals surface area contributed by atoms with E-state index in [1.54, 1.807) is 19.2 Å². The van der Waals surface area contributed by atoms with Gasteiger partial charge in [0.15, 0.2) is 0 Å². The molecule has 0 N–H and O–H groups in total. The predicted molar refractivity (Wildman–Crippen MR) is 87.0 cm³/mol. The molecule has 5 atom stereocenters. The summed E-state index contributed by atoms with van der Waals surface area (Å²) in [5.41, 5.74) is 4.15. The smallest absolute Gasteiger partial charge is 0.132 e. The molecule has 4 heteroatoms. The quantitative estimate of drug-likeness (QED) is 0.864. The summed E-state index contributed by atoms with van der Waals surface area (Å²) in [4.78, 5) is 0. The Morgan fingerprint density at radius 2 is 2.12 bits per heavy atom. The topological polar surface area (TPSA) is 35.0 Å². The van der Waals surface area contributed by atoms with Crippen molar-refractivity contribution in [3.63, 3.8) is 0 Å². The van der Waals surface area contributed by atoms with Crippen LogP contribution in [-0.2, 0) is 10.2 Å². The fraction of sp³-hybridized carbons (Fsp3) is 0.500. The second-order valence-corrected chi connectivity index (χ2v) is 8.00. The Bertz CT molecular complexity index is 884. The van der Waals surface area contributed by atoms with Crippen molar-refractivity contribution in [2.24, 2.45) is 17.3 Å². The van der Waals surface area contributed by atoms with Crippen LogP contribution >= 0.6 is 0 Å². The van der Waals surface area contributed by atoms with Crippen LogP contribution in [0.1, 0.15) is 36.4 Å². The molecular formula is C20H19FN2O. The molecule has 3 nitrogen and oxygen atoms in total. The number of hydrogen-bond donors (Lipinski definition) is 0. The first-order valence-electron chi connectivity index (χ1n) is 8.86. The lowest BCUT2D eigenvalue weighted by Crippen LogP contribution is -2.69. The van der Waals surface area contributed by atoms with Gasteiger partial charge in [-0.3, -0.25) is 0 Å². The molecule has 5 unspecified atom stereocenters. The fourth-order valence-electron chi connectivity index (χ4n) is 7.11. The molecule has 4 saturated carbocycles. The zero-order valence-corrected chi connectivity index (χ0v) is 13.6. The number of fused-ring (bicyclic) bond motifs is 3. The van der Waals surface area contributed by atoms with E-state index >= 15 is 0 Å². The van der Waals surface area contributed by atoms with Crippen LogP contribution in [-0.4, -0.2) is 23.9 Å². The molecule has 0 saturated heterocycles. The summed E-state index contributed by atoms with van der Waals surface area (Å²) >= 11 is 0. The van der Waals surface area contributed by atoms with E-state index in [9.17, 15) is 4.39 Å². The SMILES string of the molecule is COCC12c3nnc(-c4ccccc4F)cc3C3CC4C1CCC342. The van der Waals surface area contributed by atoms with Crippen LogP contribution in [0.3, 0.4) is 0 Å². The first kappa shape index (κ1) is 13.5. The van der Waals surface area contributed by atoms with Gasteiger partial charge in [-0.05, 0) is 66.2 Å². The molecule has 4 fully saturated rings. The molecule has 2 bridgehead atoms. The summed E-state index contributed by atoms with van der Waals surface area (Å²) in [6.45, 7) is 0.755. The van der Waals surface area contributed by atoms with Crippen molar-refractivity contribution in [1.82, 2.24) is 10.2 Å².